The lowest BCUT2D eigenvalue weighted by Gasteiger charge is -2.37. The SMILES string of the molecule is COc1ccccc1N1CCN(CCN(c2cccc(Br)n2)[11C](=O)C2CCCCC2)CC1. The Kier molecular flexibility index (Phi) is 8.03. The maximum atomic E-state index is 13.4. The van der Waals surface area contributed by atoms with E-state index in [0.717, 1.165) is 80.3 Å². The zero-order valence-corrected chi connectivity index (χ0v) is 20.5. The maximum absolute atomic E-state index is 13.4. The highest BCUT2D eigenvalue weighted by Gasteiger charge is 2.28. The molecule has 1 saturated heterocycles. The number of methoxy groups -OCH3 is 1. The number of piperazine rings is 1. The van der Waals surface area contributed by atoms with Crippen molar-refractivity contribution in [3.8, 4) is 5.75 Å². The fourth-order valence-electron chi connectivity index (χ4n) is 4.80. The van der Waals surface area contributed by atoms with Crippen LogP contribution >= 0.6 is 15.9 Å². The fraction of sp³-hybridized carbons (Fsp3) is 0.520. The van der Waals surface area contributed by atoms with E-state index >= 15 is 0 Å². The van der Waals surface area contributed by atoms with Crippen molar-refractivity contribution in [3.63, 3.8) is 0 Å². The number of hydrogen-bond acceptors (Lipinski definition) is 5. The van der Waals surface area contributed by atoms with Gasteiger partial charge < -0.3 is 9.64 Å². The minimum Gasteiger partial charge on any atom is -0.495 e. The van der Waals surface area contributed by atoms with Gasteiger partial charge in [-0.3, -0.25) is 14.6 Å². The molecule has 7 heteroatoms. The lowest BCUT2D eigenvalue weighted by molar-refractivity contribution is -0.123. The highest BCUT2D eigenvalue weighted by molar-refractivity contribution is 9.10. The van der Waals surface area contributed by atoms with Crippen LogP contribution in [0.2, 0.25) is 0 Å². The van der Waals surface area contributed by atoms with Gasteiger partial charge in [-0.15, -0.1) is 0 Å². The minimum atomic E-state index is 0.131. The van der Waals surface area contributed by atoms with Crippen molar-refractivity contribution in [3.05, 3.63) is 47.1 Å². The number of pyridine rings is 1. The van der Waals surface area contributed by atoms with E-state index in [9.17, 15) is 4.79 Å². The standard InChI is InChI=1S/C25H33BrN4O2/c1-32-22-11-6-5-10-21(22)29-17-14-28(15-18-29)16-19-30(24-13-7-12-23(26)27-24)25(31)20-8-3-2-4-9-20/h5-7,10-13,20H,2-4,8-9,14-19H2,1H3/i25-1. The Morgan fingerprint density at radius 1 is 1.06 bits per heavy atom. The van der Waals surface area contributed by atoms with Crippen molar-refractivity contribution >= 4 is 33.3 Å². The zero-order valence-electron chi connectivity index (χ0n) is 18.9. The molecule has 0 radical (unpaired) electrons. The summed E-state index contributed by atoms with van der Waals surface area (Å²) in [7, 11) is 1.73. The summed E-state index contributed by atoms with van der Waals surface area (Å²) in [5.41, 5.74) is 1.15. The molecule has 4 rings (SSSR count). The van der Waals surface area contributed by atoms with Crippen LogP contribution in [0.15, 0.2) is 47.1 Å². The van der Waals surface area contributed by atoms with Gasteiger partial charge in [0.05, 0.1) is 12.8 Å². The van der Waals surface area contributed by atoms with Crippen LogP contribution in [-0.2, 0) is 4.79 Å². The molecule has 0 N–H and O–H groups in total. The van der Waals surface area contributed by atoms with Crippen LogP contribution in [0.5, 0.6) is 5.75 Å². The zero-order chi connectivity index (χ0) is 22.3. The summed E-state index contributed by atoms with van der Waals surface area (Å²) >= 11 is 3.47. The number of aromatic nitrogens is 1. The lowest BCUT2D eigenvalue weighted by Crippen LogP contribution is -2.50. The van der Waals surface area contributed by atoms with Crippen LogP contribution in [0.1, 0.15) is 32.1 Å². The molecule has 32 heavy (non-hydrogen) atoms. The number of amides is 1. The number of rotatable bonds is 7. The van der Waals surface area contributed by atoms with Crippen molar-refractivity contribution < 1.29 is 9.53 Å². The predicted octanol–water partition coefficient (Wildman–Crippen LogP) is 4.59. The summed E-state index contributed by atoms with van der Waals surface area (Å²) in [4.78, 5) is 24.8. The topological polar surface area (TPSA) is 48.9 Å². The van der Waals surface area contributed by atoms with Gasteiger partial charge in [0.15, 0.2) is 0 Å². The van der Waals surface area contributed by atoms with Gasteiger partial charge in [-0.2, -0.15) is 0 Å². The van der Waals surface area contributed by atoms with Gasteiger partial charge in [-0.1, -0.05) is 37.5 Å². The average molecular weight is 500 g/mol. The third kappa shape index (κ3) is 5.62. The first-order valence-electron chi connectivity index (χ1n) is 11.7. The summed E-state index contributed by atoms with van der Waals surface area (Å²) < 4.78 is 6.30. The van der Waals surface area contributed by atoms with Crippen LogP contribution in [-0.4, -0.2) is 62.2 Å². The van der Waals surface area contributed by atoms with Crippen LogP contribution in [0, 0.1) is 5.92 Å². The number of nitrogens with zero attached hydrogens (tertiary/aromatic N) is 4. The largest absolute Gasteiger partial charge is 0.495 e. The Hall–Kier alpha value is -2.12. The van der Waals surface area contributed by atoms with E-state index in [1.54, 1.807) is 7.11 Å². The second-order valence-electron chi connectivity index (χ2n) is 8.64. The van der Waals surface area contributed by atoms with Gasteiger partial charge in [-0.25, -0.2) is 4.98 Å². The number of carbonyl (C=O) groups is 1. The van der Waals surface area contributed by atoms with E-state index in [-0.39, 0.29) is 11.8 Å². The van der Waals surface area contributed by atoms with E-state index in [2.05, 4.69) is 42.8 Å². The van der Waals surface area contributed by atoms with Gasteiger partial charge in [0.25, 0.3) is 0 Å². The molecule has 1 aliphatic heterocycles. The number of hydrogen-bond donors (Lipinski definition) is 0. The Bertz CT molecular complexity index is 895. The number of ether oxygens (including phenoxy) is 1. The molecular weight excluding hydrogens is 467 g/mol. The molecule has 0 atom stereocenters. The van der Waals surface area contributed by atoms with E-state index in [4.69, 9.17) is 4.74 Å². The van der Waals surface area contributed by atoms with Crippen molar-refractivity contribution in [1.82, 2.24) is 9.88 Å². The second kappa shape index (κ2) is 11.1. The van der Waals surface area contributed by atoms with E-state index in [1.165, 1.54) is 6.42 Å². The van der Waals surface area contributed by atoms with Crippen LogP contribution in [0.25, 0.3) is 0 Å². The molecule has 0 unspecified atom stereocenters. The number of carbonyl (C=O) groups excluding carboxylic acids is 1. The third-order valence-electron chi connectivity index (χ3n) is 6.64. The first-order valence-corrected chi connectivity index (χ1v) is 12.5. The van der Waals surface area contributed by atoms with Gasteiger partial charge in [0.2, 0.25) is 5.91 Å². The Labute approximate surface area is 199 Å². The smallest absolute Gasteiger partial charge is 0.231 e. The van der Waals surface area contributed by atoms with Gasteiger partial charge in [0.1, 0.15) is 16.2 Å². The van der Waals surface area contributed by atoms with Gasteiger partial charge in [0, 0.05) is 45.2 Å². The van der Waals surface area contributed by atoms with Crippen molar-refractivity contribution in [2.75, 3.05) is 56.2 Å². The van der Waals surface area contributed by atoms with E-state index < -0.39 is 0 Å². The summed E-state index contributed by atoms with van der Waals surface area (Å²) in [5.74, 6) is 2.04. The van der Waals surface area contributed by atoms with E-state index in [0.29, 0.717) is 6.54 Å². The lowest BCUT2D eigenvalue weighted by atomic mass is 9.70. The molecule has 1 saturated carbocycles. The number of para-hydroxylation sites is 2. The first kappa shape index (κ1) is 23.1. The van der Waals surface area contributed by atoms with Crippen LogP contribution < -0.4 is 14.5 Å². The highest BCUT2D eigenvalue weighted by Crippen LogP contribution is 2.29. The van der Waals surface area contributed by atoms with Crippen LogP contribution in [0.3, 0.4) is 0 Å². The molecule has 2 heterocycles. The summed E-state index contributed by atoms with van der Waals surface area (Å²) in [6.45, 7) is 5.36. The molecule has 2 aliphatic rings. The fourth-order valence-corrected chi connectivity index (χ4v) is 5.13. The average Bonchev–Trinajstić information content (AvgIpc) is 2.85. The molecule has 6 nitrogen and oxygen atoms in total. The van der Waals surface area contributed by atoms with Crippen LogP contribution in [0.4, 0.5) is 11.5 Å². The molecule has 1 amide bonds. The second-order valence-corrected chi connectivity index (χ2v) is 9.46. The minimum absolute atomic E-state index is 0.131. The molecular formula is C25H33BrN4O2. The number of anilines is 2. The molecule has 2 aromatic rings. The van der Waals surface area contributed by atoms with Crippen molar-refractivity contribution in [1.29, 1.82) is 0 Å². The Morgan fingerprint density at radius 2 is 1.81 bits per heavy atom. The van der Waals surface area contributed by atoms with Crippen molar-refractivity contribution in [2.45, 2.75) is 32.1 Å². The normalized spacial score (nSPS) is 17.9. The van der Waals surface area contributed by atoms with Gasteiger partial charge in [-0.05, 0) is 53.0 Å². The summed E-state index contributed by atoms with van der Waals surface area (Å²) in [6.07, 6.45) is 5.55. The first-order chi connectivity index (χ1) is 15.7. The summed E-state index contributed by atoms with van der Waals surface area (Å²) in [6, 6.07) is 14.0. The Morgan fingerprint density at radius 3 is 2.53 bits per heavy atom. The maximum Gasteiger partial charge on any atom is 0.231 e. The monoisotopic (exact) mass is 499 g/mol. The molecule has 0 spiro atoms. The predicted molar refractivity (Wildman–Crippen MR) is 133 cm³/mol. The Balaban J connectivity index is 1.38. The molecule has 1 aromatic heterocycles. The molecule has 0 bridgehead atoms. The molecule has 172 valence electrons. The molecule has 1 aromatic carbocycles. The van der Waals surface area contributed by atoms with Gasteiger partial charge >= 0.3 is 0 Å². The number of halogens is 1. The number of benzene rings is 1. The molecule has 1 aliphatic carbocycles. The third-order valence-corrected chi connectivity index (χ3v) is 7.08. The highest BCUT2D eigenvalue weighted by atomic mass is 79.9. The quantitative estimate of drug-likeness (QED) is 0.521. The van der Waals surface area contributed by atoms with E-state index in [1.807, 2.05) is 35.2 Å². The van der Waals surface area contributed by atoms with Crippen molar-refractivity contribution in [2.24, 2.45) is 5.92 Å². The molecule has 2 fully saturated rings. The summed E-state index contributed by atoms with van der Waals surface area (Å²) in [5, 5.41) is 0.